The molecule has 1 heterocycles. The van der Waals surface area contributed by atoms with Gasteiger partial charge in [-0.15, -0.1) is 0 Å². The van der Waals surface area contributed by atoms with E-state index in [1.54, 1.807) is 0 Å². The first-order valence-electron chi connectivity index (χ1n) is 4.04. The van der Waals surface area contributed by atoms with Crippen LogP contribution >= 0.6 is 0 Å². The number of H-pyrrole nitrogens is 1. The lowest BCUT2D eigenvalue weighted by molar-refractivity contribution is 0.0994. The molecule has 1 aliphatic rings. The van der Waals surface area contributed by atoms with Crippen molar-refractivity contribution in [2.24, 2.45) is 11.7 Å². The van der Waals surface area contributed by atoms with Gasteiger partial charge in [-0.2, -0.15) is 5.10 Å². The maximum absolute atomic E-state index is 10.9. The highest BCUT2D eigenvalue weighted by Gasteiger charge is 2.25. The smallest absolute Gasteiger partial charge is 0.269 e. The van der Waals surface area contributed by atoms with Crippen LogP contribution in [0.4, 0.5) is 0 Å². The molecule has 2 rings (SSSR count). The van der Waals surface area contributed by atoms with E-state index in [9.17, 15) is 4.79 Å². The zero-order chi connectivity index (χ0) is 8.72. The largest absolute Gasteiger partial charge is 0.364 e. The van der Waals surface area contributed by atoms with E-state index in [0.717, 1.165) is 24.1 Å². The molecule has 0 aromatic carbocycles. The lowest BCUT2D eigenvalue weighted by Crippen LogP contribution is -2.13. The second-order valence-electron chi connectivity index (χ2n) is 3.41. The summed E-state index contributed by atoms with van der Waals surface area (Å²) < 4.78 is 0. The van der Waals surface area contributed by atoms with Crippen LogP contribution in [-0.2, 0) is 12.8 Å². The number of carbonyl (C=O) groups is 1. The normalized spacial score (nSPS) is 20.9. The molecule has 0 saturated heterocycles. The highest BCUT2D eigenvalue weighted by molar-refractivity contribution is 5.92. The molecule has 4 nitrogen and oxygen atoms in total. The number of fused-ring (bicyclic) bond motifs is 1. The van der Waals surface area contributed by atoms with Crippen LogP contribution in [0.5, 0.6) is 0 Å². The molecule has 0 bridgehead atoms. The third-order valence-electron chi connectivity index (χ3n) is 2.29. The van der Waals surface area contributed by atoms with Gasteiger partial charge in [-0.1, -0.05) is 6.92 Å². The molecule has 64 valence electrons. The van der Waals surface area contributed by atoms with Crippen molar-refractivity contribution < 1.29 is 4.79 Å². The van der Waals surface area contributed by atoms with Gasteiger partial charge in [-0.05, 0) is 18.8 Å². The molecule has 0 spiro atoms. The van der Waals surface area contributed by atoms with Gasteiger partial charge in [0.05, 0.1) is 0 Å². The molecule has 12 heavy (non-hydrogen) atoms. The van der Waals surface area contributed by atoms with Crippen molar-refractivity contribution in [1.82, 2.24) is 10.2 Å². The fourth-order valence-electron chi connectivity index (χ4n) is 1.76. The average Bonchev–Trinajstić information content (AvgIpc) is 2.43. The zero-order valence-electron chi connectivity index (χ0n) is 6.92. The maximum atomic E-state index is 10.9. The van der Waals surface area contributed by atoms with Crippen molar-refractivity contribution in [3.05, 3.63) is 17.0 Å². The molecule has 0 radical (unpaired) electrons. The summed E-state index contributed by atoms with van der Waals surface area (Å²) in [4.78, 5) is 10.9. The van der Waals surface area contributed by atoms with Gasteiger partial charge in [0, 0.05) is 11.3 Å². The van der Waals surface area contributed by atoms with Crippen molar-refractivity contribution in [1.29, 1.82) is 0 Å². The van der Waals surface area contributed by atoms with E-state index in [-0.39, 0.29) is 0 Å². The summed E-state index contributed by atoms with van der Waals surface area (Å²) in [6, 6.07) is 0. The molecule has 0 saturated carbocycles. The second kappa shape index (κ2) is 2.33. The number of hydrogen-bond donors (Lipinski definition) is 2. The molecule has 3 N–H and O–H groups in total. The maximum Gasteiger partial charge on any atom is 0.269 e. The molecular weight excluding hydrogens is 154 g/mol. The summed E-state index contributed by atoms with van der Waals surface area (Å²) >= 11 is 0. The first-order chi connectivity index (χ1) is 5.68. The van der Waals surface area contributed by atoms with Gasteiger partial charge in [0.15, 0.2) is 5.69 Å². The fourth-order valence-corrected chi connectivity index (χ4v) is 1.76. The summed E-state index contributed by atoms with van der Waals surface area (Å²) in [5.41, 5.74) is 7.68. The van der Waals surface area contributed by atoms with E-state index in [1.165, 1.54) is 0 Å². The number of nitrogens with one attached hydrogen (secondary N) is 1. The molecule has 1 atom stereocenters. The number of nitrogens with zero attached hydrogens (tertiary/aromatic N) is 1. The first kappa shape index (κ1) is 7.34. The van der Waals surface area contributed by atoms with E-state index in [4.69, 9.17) is 5.73 Å². The summed E-state index contributed by atoms with van der Waals surface area (Å²) in [7, 11) is 0. The quantitative estimate of drug-likeness (QED) is 0.625. The second-order valence-corrected chi connectivity index (χ2v) is 3.41. The van der Waals surface area contributed by atoms with Gasteiger partial charge in [0.2, 0.25) is 0 Å². The third-order valence-corrected chi connectivity index (χ3v) is 2.29. The minimum Gasteiger partial charge on any atom is -0.364 e. The summed E-state index contributed by atoms with van der Waals surface area (Å²) in [6.45, 7) is 2.15. The van der Waals surface area contributed by atoms with Crippen LogP contribution in [0.25, 0.3) is 0 Å². The molecule has 0 fully saturated rings. The van der Waals surface area contributed by atoms with Crippen molar-refractivity contribution in [2.75, 3.05) is 0 Å². The minimum absolute atomic E-state index is 0.425. The van der Waals surface area contributed by atoms with E-state index in [1.807, 2.05) is 0 Å². The monoisotopic (exact) mass is 165 g/mol. The average molecular weight is 165 g/mol. The lowest BCUT2D eigenvalue weighted by Gasteiger charge is -1.97. The van der Waals surface area contributed by atoms with Gasteiger partial charge in [-0.25, -0.2) is 0 Å². The Kier molecular flexibility index (Phi) is 1.43. The van der Waals surface area contributed by atoms with Gasteiger partial charge >= 0.3 is 0 Å². The standard InChI is InChI=1S/C8H11N3O/c1-4-2-5-6(3-4)10-11-7(5)8(9)12/h4H,2-3H2,1H3,(H2,9,12)(H,10,11). The van der Waals surface area contributed by atoms with E-state index >= 15 is 0 Å². The number of carbonyl (C=O) groups excluding carboxylic acids is 1. The number of amides is 1. The number of aromatic amines is 1. The van der Waals surface area contributed by atoms with Gasteiger partial charge in [-0.3, -0.25) is 9.89 Å². The SMILES string of the molecule is CC1Cc2[nH]nc(C(N)=O)c2C1. The van der Waals surface area contributed by atoms with Crippen LogP contribution in [0.2, 0.25) is 0 Å². The molecule has 1 aromatic heterocycles. The van der Waals surface area contributed by atoms with Crippen LogP contribution in [0.1, 0.15) is 28.7 Å². The van der Waals surface area contributed by atoms with Crippen LogP contribution < -0.4 is 5.73 Å². The molecule has 1 amide bonds. The predicted octanol–water partition coefficient (Wildman–Crippen LogP) is 0.243. The molecule has 1 aliphatic carbocycles. The molecule has 0 aliphatic heterocycles. The Hall–Kier alpha value is -1.32. The van der Waals surface area contributed by atoms with Gasteiger partial charge < -0.3 is 5.73 Å². The molecular formula is C8H11N3O. The topological polar surface area (TPSA) is 71.8 Å². The first-order valence-corrected chi connectivity index (χ1v) is 4.04. The van der Waals surface area contributed by atoms with E-state index in [0.29, 0.717) is 11.6 Å². The molecule has 4 heteroatoms. The summed E-state index contributed by atoms with van der Waals surface area (Å²) in [5, 5.41) is 6.72. The fraction of sp³-hybridized carbons (Fsp3) is 0.500. The van der Waals surface area contributed by atoms with Crippen LogP contribution in [0, 0.1) is 5.92 Å². The Bertz CT molecular complexity index is 329. The van der Waals surface area contributed by atoms with Crippen molar-refractivity contribution >= 4 is 5.91 Å². The van der Waals surface area contributed by atoms with Crippen molar-refractivity contribution in [3.8, 4) is 0 Å². The van der Waals surface area contributed by atoms with Gasteiger partial charge in [0.25, 0.3) is 5.91 Å². The lowest BCUT2D eigenvalue weighted by atomic mass is 10.1. The van der Waals surface area contributed by atoms with Crippen LogP contribution in [0.3, 0.4) is 0 Å². The Morgan fingerprint density at radius 2 is 2.42 bits per heavy atom. The van der Waals surface area contributed by atoms with Gasteiger partial charge in [0.1, 0.15) is 0 Å². The third kappa shape index (κ3) is 0.913. The van der Waals surface area contributed by atoms with E-state index in [2.05, 4.69) is 17.1 Å². The van der Waals surface area contributed by atoms with E-state index < -0.39 is 5.91 Å². The summed E-state index contributed by atoms with van der Waals surface area (Å²) in [6.07, 6.45) is 1.90. The van der Waals surface area contributed by atoms with Crippen molar-refractivity contribution in [3.63, 3.8) is 0 Å². The number of hydrogen-bond acceptors (Lipinski definition) is 2. The molecule has 1 aromatic rings. The Balaban J connectivity index is 2.43. The Labute approximate surface area is 70.1 Å². The number of rotatable bonds is 1. The predicted molar refractivity (Wildman–Crippen MR) is 43.7 cm³/mol. The Morgan fingerprint density at radius 1 is 1.67 bits per heavy atom. The zero-order valence-corrected chi connectivity index (χ0v) is 6.92. The number of aromatic nitrogens is 2. The Morgan fingerprint density at radius 3 is 3.08 bits per heavy atom. The molecule has 1 unspecified atom stereocenters. The number of primary amides is 1. The highest BCUT2D eigenvalue weighted by atomic mass is 16.1. The van der Waals surface area contributed by atoms with Crippen LogP contribution in [-0.4, -0.2) is 16.1 Å². The number of nitrogens with two attached hydrogens (primary N) is 1. The minimum atomic E-state index is -0.429. The van der Waals surface area contributed by atoms with Crippen molar-refractivity contribution in [2.45, 2.75) is 19.8 Å². The van der Waals surface area contributed by atoms with Crippen LogP contribution in [0.15, 0.2) is 0 Å². The summed E-state index contributed by atoms with van der Waals surface area (Å²) in [5.74, 6) is 0.175. The highest BCUT2D eigenvalue weighted by Crippen LogP contribution is 2.26.